The summed E-state index contributed by atoms with van der Waals surface area (Å²) in [4.78, 5) is 0. The molecule has 0 aliphatic rings. The normalized spacial score (nSPS) is 12.5. The molecule has 0 radical (unpaired) electrons. The van der Waals surface area contributed by atoms with Crippen LogP contribution < -0.4 is 5.73 Å². The molecule has 1 atom stereocenters. The average Bonchev–Trinajstić information content (AvgIpc) is 2.32. The molecule has 0 fully saturated rings. The van der Waals surface area contributed by atoms with Gasteiger partial charge in [0.05, 0.1) is 6.04 Å². The minimum Gasteiger partial charge on any atom is -0.320 e. The molecule has 5 heteroatoms. The molecule has 0 bridgehead atoms. The van der Waals surface area contributed by atoms with Gasteiger partial charge in [-0.3, -0.25) is 0 Å². The minimum absolute atomic E-state index is 0.211. The van der Waals surface area contributed by atoms with Crippen molar-refractivity contribution in [1.29, 1.82) is 0 Å². The SMILES string of the molecule is NC(c1cc(Cl)ccc1Cl)c1c(F)cccc1Cl. The number of benzene rings is 2. The lowest BCUT2D eigenvalue weighted by molar-refractivity contribution is 0.600. The molecule has 1 unspecified atom stereocenters. The molecule has 2 rings (SSSR count). The topological polar surface area (TPSA) is 26.0 Å². The van der Waals surface area contributed by atoms with Gasteiger partial charge < -0.3 is 5.73 Å². The van der Waals surface area contributed by atoms with Crippen LogP contribution in [0, 0.1) is 5.82 Å². The number of halogens is 4. The predicted octanol–water partition coefficient (Wildman–Crippen LogP) is 4.83. The third kappa shape index (κ3) is 2.62. The molecule has 2 aromatic carbocycles. The third-order valence-corrected chi connectivity index (χ3v) is 3.51. The standard InChI is InChI=1S/C13H9Cl3FN/c14-7-4-5-9(15)8(6-7)13(18)12-10(16)2-1-3-11(12)17/h1-6,13H,18H2. The summed E-state index contributed by atoms with van der Waals surface area (Å²) in [5.41, 5.74) is 6.77. The summed E-state index contributed by atoms with van der Waals surface area (Å²) in [5, 5.41) is 1.17. The Morgan fingerprint density at radius 2 is 1.72 bits per heavy atom. The van der Waals surface area contributed by atoms with E-state index in [0.717, 1.165) is 0 Å². The van der Waals surface area contributed by atoms with Gasteiger partial charge in [0.15, 0.2) is 0 Å². The summed E-state index contributed by atoms with van der Waals surface area (Å²) in [7, 11) is 0. The maximum absolute atomic E-state index is 13.8. The van der Waals surface area contributed by atoms with Crippen LogP contribution in [-0.4, -0.2) is 0 Å². The summed E-state index contributed by atoms with van der Waals surface area (Å²) in [6.07, 6.45) is 0. The van der Waals surface area contributed by atoms with Crippen LogP contribution in [0.3, 0.4) is 0 Å². The van der Waals surface area contributed by atoms with Crippen molar-refractivity contribution >= 4 is 34.8 Å². The van der Waals surface area contributed by atoms with Crippen LogP contribution in [-0.2, 0) is 0 Å². The Kier molecular flexibility index (Phi) is 4.13. The Morgan fingerprint density at radius 1 is 1.00 bits per heavy atom. The number of nitrogens with two attached hydrogens (primary N) is 1. The van der Waals surface area contributed by atoms with Crippen LogP contribution in [0.25, 0.3) is 0 Å². The van der Waals surface area contributed by atoms with E-state index in [2.05, 4.69) is 0 Å². The average molecular weight is 305 g/mol. The molecule has 0 saturated carbocycles. The number of hydrogen-bond donors (Lipinski definition) is 1. The Labute approximate surface area is 119 Å². The molecular weight excluding hydrogens is 296 g/mol. The molecule has 0 aromatic heterocycles. The lowest BCUT2D eigenvalue weighted by Crippen LogP contribution is -2.14. The fourth-order valence-electron chi connectivity index (χ4n) is 1.72. The second-order valence-electron chi connectivity index (χ2n) is 3.78. The summed E-state index contributed by atoms with van der Waals surface area (Å²) in [6, 6.07) is 8.52. The van der Waals surface area contributed by atoms with Gasteiger partial charge in [-0.2, -0.15) is 0 Å². The third-order valence-electron chi connectivity index (χ3n) is 2.60. The maximum Gasteiger partial charge on any atom is 0.129 e. The zero-order valence-corrected chi connectivity index (χ0v) is 11.4. The van der Waals surface area contributed by atoms with Gasteiger partial charge in [0, 0.05) is 20.6 Å². The molecule has 0 heterocycles. The molecule has 2 aromatic rings. The van der Waals surface area contributed by atoms with Crippen molar-refractivity contribution < 1.29 is 4.39 Å². The molecule has 18 heavy (non-hydrogen) atoms. The van der Waals surface area contributed by atoms with E-state index in [1.165, 1.54) is 12.1 Å². The van der Waals surface area contributed by atoms with Crippen molar-refractivity contribution in [2.75, 3.05) is 0 Å². The van der Waals surface area contributed by atoms with Crippen LogP contribution in [0.5, 0.6) is 0 Å². The van der Waals surface area contributed by atoms with E-state index in [0.29, 0.717) is 15.6 Å². The van der Waals surface area contributed by atoms with E-state index in [4.69, 9.17) is 40.5 Å². The van der Waals surface area contributed by atoms with Gasteiger partial charge in [0.1, 0.15) is 5.82 Å². The molecule has 0 aliphatic carbocycles. The summed E-state index contributed by atoms with van der Waals surface area (Å²) in [6.45, 7) is 0. The van der Waals surface area contributed by atoms with E-state index in [-0.39, 0.29) is 10.6 Å². The number of hydrogen-bond acceptors (Lipinski definition) is 1. The largest absolute Gasteiger partial charge is 0.320 e. The first-order valence-corrected chi connectivity index (χ1v) is 6.28. The van der Waals surface area contributed by atoms with Gasteiger partial charge in [-0.15, -0.1) is 0 Å². The molecule has 0 spiro atoms. The van der Waals surface area contributed by atoms with Crippen LogP contribution >= 0.6 is 34.8 Å². The van der Waals surface area contributed by atoms with Crippen molar-refractivity contribution in [1.82, 2.24) is 0 Å². The Hall–Kier alpha value is -0.800. The fourth-order valence-corrected chi connectivity index (χ4v) is 2.41. The molecule has 0 amide bonds. The zero-order valence-electron chi connectivity index (χ0n) is 9.13. The van der Waals surface area contributed by atoms with Gasteiger partial charge >= 0.3 is 0 Å². The second kappa shape index (κ2) is 5.45. The zero-order chi connectivity index (χ0) is 13.3. The van der Waals surface area contributed by atoms with Gasteiger partial charge in [-0.25, -0.2) is 4.39 Å². The number of rotatable bonds is 2. The van der Waals surface area contributed by atoms with Gasteiger partial charge in [-0.05, 0) is 35.9 Å². The van der Waals surface area contributed by atoms with Crippen molar-refractivity contribution in [3.8, 4) is 0 Å². The van der Waals surface area contributed by atoms with Crippen molar-refractivity contribution in [2.24, 2.45) is 5.73 Å². The minimum atomic E-state index is -0.759. The summed E-state index contributed by atoms with van der Waals surface area (Å²) >= 11 is 17.9. The van der Waals surface area contributed by atoms with E-state index in [9.17, 15) is 4.39 Å². The predicted molar refractivity (Wildman–Crippen MR) is 73.9 cm³/mol. The van der Waals surface area contributed by atoms with Gasteiger partial charge in [-0.1, -0.05) is 40.9 Å². The molecule has 0 saturated heterocycles. The lowest BCUT2D eigenvalue weighted by Gasteiger charge is -2.16. The van der Waals surface area contributed by atoms with E-state index < -0.39 is 11.9 Å². The van der Waals surface area contributed by atoms with Crippen LogP contribution in [0.2, 0.25) is 15.1 Å². The molecule has 2 N–H and O–H groups in total. The highest BCUT2D eigenvalue weighted by Gasteiger charge is 2.19. The first-order valence-electron chi connectivity index (χ1n) is 5.15. The van der Waals surface area contributed by atoms with E-state index in [1.807, 2.05) is 0 Å². The van der Waals surface area contributed by atoms with Crippen molar-refractivity contribution in [2.45, 2.75) is 6.04 Å². The summed E-state index contributed by atoms with van der Waals surface area (Å²) < 4.78 is 13.8. The highest BCUT2D eigenvalue weighted by Crippen LogP contribution is 2.33. The highest BCUT2D eigenvalue weighted by molar-refractivity contribution is 6.34. The van der Waals surface area contributed by atoms with Crippen LogP contribution in [0.1, 0.15) is 17.2 Å². The maximum atomic E-state index is 13.8. The summed E-state index contributed by atoms with van der Waals surface area (Å²) in [5.74, 6) is -0.467. The van der Waals surface area contributed by atoms with Gasteiger partial charge in [0.25, 0.3) is 0 Å². The lowest BCUT2D eigenvalue weighted by atomic mass is 9.99. The monoisotopic (exact) mass is 303 g/mol. The van der Waals surface area contributed by atoms with Crippen molar-refractivity contribution in [3.63, 3.8) is 0 Å². The molecule has 1 nitrogen and oxygen atoms in total. The molecule has 94 valence electrons. The highest BCUT2D eigenvalue weighted by atomic mass is 35.5. The quantitative estimate of drug-likeness (QED) is 0.844. The first-order chi connectivity index (χ1) is 8.50. The van der Waals surface area contributed by atoms with Crippen LogP contribution in [0.15, 0.2) is 36.4 Å². The van der Waals surface area contributed by atoms with Gasteiger partial charge in [0.2, 0.25) is 0 Å². The van der Waals surface area contributed by atoms with Crippen molar-refractivity contribution in [3.05, 3.63) is 68.4 Å². The van der Waals surface area contributed by atoms with E-state index in [1.54, 1.807) is 24.3 Å². The Morgan fingerprint density at radius 3 is 2.39 bits per heavy atom. The Balaban J connectivity index is 2.54. The Bertz CT molecular complexity index is 566. The molecular formula is C13H9Cl3FN. The first kappa shape index (κ1) is 13.6. The second-order valence-corrected chi connectivity index (χ2v) is 5.03. The van der Waals surface area contributed by atoms with Crippen LogP contribution in [0.4, 0.5) is 4.39 Å². The fraction of sp³-hybridized carbons (Fsp3) is 0.0769. The molecule has 0 aliphatic heterocycles. The smallest absolute Gasteiger partial charge is 0.129 e. The van der Waals surface area contributed by atoms with E-state index >= 15 is 0 Å².